The third-order valence-corrected chi connectivity index (χ3v) is 5.88. The maximum atomic E-state index is 11.5. The molecule has 0 bridgehead atoms. The molecule has 1 saturated heterocycles. The zero-order valence-electron chi connectivity index (χ0n) is 19.3. The number of rotatable bonds is 10. The van der Waals surface area contributed by atoms with E-state index in [4.69, 9.17) is 4.74 Å². The van der Waals surface area contributed by atoms with E-state index in [-0.39, 0.29) is 11.9 Å². The minimum Gasteiger partial charge on any atom is -0.496 e. The molecule has 0 saturated carbocycles. The van der Waals surface area contributed by atoms with E-state index in [9.17, 15) is 4.79 Å². The Bertz CT molecular complexity index is 732. The van der Waals surface area contributed by atoms with Crippen LogP contribution in [0.3, 0.4) is 0 Å². The van der Waals surface area contributed by atoms with E-state index in [1.807, 2.05) is 12.3 Å². The number of aromatic nitrogens is 1. The van der Waals surface area contributed by atoms with E-state index < -0.39 is 0 Å². The summed E-state index contributed by atoms with van der Waals surface area (Å²) in [5.41, 5.74) is 1.20. The van der Waals surface area contributed by atoms with E-state index in [0.717, 1.165) is 63.6 Å². The SMILES string of the molecule is CC#CC(=O)NC(C)CCC(C)CCN1CCN(c2nccc(OC)c2CC)CC1. The first-order valence-corrected chi connectivity index (χ1v) is 11.2. The van der Waals surface area contributed by atoms with Crippen molar-refractivity contribution in [3.8, 4) is 17.6 Å². The Morgan fingerprint density at radius 1 is 1.23 bits per heavy atom. The Labute approximate surface area is 182 Å². The van der Waals surface area contributed by atoms with Crippen molar-refractivity contribution in [3.63, 3.8) is 0 Å². The Kier molecular flexibility index (Phi) is 9.96. The molecule has 1 aliphatic heterocycles. The Morgan fingerprint density at radius 3 is 2.60 bits per heavy atom. The molecule has 166 valence electrons. The molecule has 6 heteroatoms. The van der Waals surface area contributed by atoms with Gasteiger partial charge in [-0.1, -0.05) is 19.8 Å². The van der Waals surface area contributed by atoms with Gasteiger partial charge in [0.1, 0.15) is 11.6 Å². The van der Waals surface area contributed by atoms with Crippen molar-refractivity contribution in [2.75, 3.05) is 44.7 Å². The van der Waals surface area contributed by atoms with Crippen molar-refractivity contribution in [3.05, 3.63) is 17.8 Å². The van der Waals surface area contributed by atoms with Crippen LogP contribution in [-0.2, 0) is 11.2 Å². The summed E-state index contributed by atoms with van der Waals surface area (Å²) in [5.74, 6) is 7.66. The number of hydrogen-bond acceptors (Lipinski definition) is 5. The summed E-state index contributed by atoms with van der Waals surface area (Å²) >= 11 is 0. The molecule has 30 heavy (non-hydrogen) atoms. The predicted octanol–water partition coefficient (Wildman–Crippen LogP) is 3.11. The number of anilines is 1. The lowest BCUT2D eigenvalue weighted by Crippen LogP contribution is -2.47. The summed E-state index contributed by atoms with van der Waals surface area (Å²) in [6.07, 6.45) is 6.07. The summed E-state index contributed by atoms with van der Waals surface area (Å²) in [7, 11) is 1.73. The molecule has 0 aliphatic carbocycles. The number of carbonyl (C=O) groups excluding carboxylic acids is 1. The van der Waals surface area contributed by atoms with E-state index in [2.05, 4.69) is 52.7 Å². The predicted molar refractivity (Wildman–Crippen MR) is 123 cm³/mol. The van der Waals surface area contributed by atoms with Gasteiger partial charge in [-0.05, 0) is 64.0 Å². The van der Waals surface area contributed by atoms with Gasteiger partial charge in [0.2, 0.25) is 0 Å². The zero-order chi connectivity index (χ0) is 21.9. The number of ether oxygens (including phenoxy) is 1. The van der Waals surface area contributed by atoms with Crippen molar-refractivity contribution < 1.29 is 9.53 Å². The molecule has 2 atom stereocenters. The van der Waals surface area contributed by atoms with Crippen LogP contribution < -0.4 is 15.0 Å². The number of methoxy groups -OCH3 is 1. The molecule has 2 heterocycles. The van der Waals surface area contributed by atoms with Gasteiger partial charge < -0.3 is 15.0 Å². The number of nitrogens with one attached hydrogen (secondary N) is 1. The first-order valence-electron chi connectivity index (χ1n) is 11.2. The van der Waals surface area contributed by atoms with Gasteiger partial charge in [0.15, 0.2) is 0 Å². The van der Waals surface area contributed by atoms with Gasteiger partial charge in [-0.2, -0.15) is 0 Å². The van der Waals surface area contributed by atoms with Crippen molar-refractivity contribution in [1.82, 2.24) is 15.2 Å². The fraction of sp³-hybridized carbons (Fsp3) is 0.667. The molecule has 0 radical (unpaired) electrons. The lowest BCUT2D eigenvalue weighted by molar-refractivity contribution is -0.116. The zero-order valence-corrected chi connectivity index (χ0v) is 19.3. The second-order valence-corrected chi connectivity index (χ2v) is 8.22. The Balaban J connectivity index is 1.72. The Hall–Kier alpha value is -2.26. The summed E-state index contributed by atoms with van der Waals surface area (Å²) in [6.45, 7) is 13.5. The van der Waals surface area contributed by atoms with Gasteiger partial charge in [-0.15, -0.1) is 0 Å². The highest BCUT2D eigenvalue weighted by molar-refractivity contribution is 5.93. The van der Waals surface area contributed by atoms with Gasteiger partial charge in [-0.25, -0.2) is 4.98 Å². The average Bonchev–Trinajstić information content (AvgIpc) is 2.76. The van der Waals surface area contributed by atoms with Gasteiger partial charge in [-0.3, -0.25) is 9.69 Å². The molecule has 1 aromatic rings. The van der Waals surface area contributed by atoms with E-state index in [0.29, 0.717) is 5.92 Å². The topological polar surface area (TPSA) is 57.7 Å². The fourth-order valence-electron chi connectivity index (χ4n) is 3.97. The molecule has 1 aromatic heterocycles. The van der Waals surface area contributed by atoms with Crippen LogP contribution in [0.4, 0.5) is 5.82 Å². The highest BCUT2D eigenvalue weighted by atomic mass is 16.5. The van der Waals surface area contributed by atoms with Crippen molar-refractivity contribution >= 4 is 11.7 Å². The van der Waals surface area contributed by atoms with Crippen LogP contribution in [0, 0.1) is 17.8 Å². The smallest absolute Gasteiger partial charge is 0.296 e. The van der Waals surface area contributed by atoms with E-state index in [1.54, 1.807) is 14.0 Å². The molecule has 6 nitrogen and oxygen atoms in total. The highest BCUT2D eigenvalue weighted by Crippen LogP contribution is 2.28. The average molecular weight is 415 g/mol. The summed E-state index contributed by atoms with van der Waals surface area (Å²) < 4.78 is 5.52. The van der Waals surface area contributed by atoms with Gasteiger partial charge in [0, 0.05) is 44.0 Å². The minimum absolute atomic E-state index is 0.174. The number of amides is 1. The molecule has 1 amide bonds. The molecular formula is C24H38N4O2. The monoisotopic (exact) mass is 414 g/mol. The van der Waals surface area contributed by atoms with Crippen LogP contribution in [0.5, 0.6) is 5.75 Å². The van der Waals surface area contributed by atoms with Crippen LogP contribution in [0.2, 0.25) is 0 Å². The molecule has 0 aromatic carbocycles. The second kappa shape index (κ2) is 12.4. The largest absolute Gasteiger partial charge is 0.496 e. The standard InChI is InChI=1S/C24H38N4O2/c1-6-8-23(29)26-20(4)10-9-19(3)12-14-27-15-17-28(18-16-27)24-21(7-2)22(30-5)11-13-25-24/h11,13,19-20H,7,9-10,12,14-18H2,1-5H3,(H,26,29). The number of hydrogen-bond donors (Lipinski definition) is 1. The normalized spacial score (nSPS) is 16.4. The van der Waals surface area contributed by atoms with Crippen molar-refractivity contribution in [2.45, 2.75) is 59.4 Å². The van der Waals surface area contributed by atoms with Crippen LogP contribution in [0.15, 0.2) is 12.3 Å². The summed E-state index contributed by atoms with van der Waals surface area (Å²) in [4.78, 5) is 21.1. The molecular weight excluding hydrogens is 376 g/mol. The Morgan fingerprint density at radius 2 is 1.97 bits per heavy atom. The highest BCUT2D eigenvalue weighted by Gasteiger charge is 2.21. The van der Waals surface area contributed by atoms with Gasteiger partial charge in [0.25, 0.3) is 5.91 Å². The van der Waals surface area contributed by atoms with Gasteiger partial charge in [0.05, 0.1) is 7.11 Å². The van der Waals surface area contributed by atoms with E-state index >= 15 is 0 Å². The number of pyridine rings is 1. The number of carbonyl (C=O) groups is 1. The molecule has 2 rings (SSSR count). The molecule has 1 N–H and O–H groups in total. The lowest BCUT2D eigenvalue weighted by Gasteiger charge is -2.36. The van der Waals surface area contributed by atoms with Crippen LogP contribution in [0.25, 0.3) is 0 Å². The number of piperazine rings is 1. The molecule has 1 fully saturated rings. The second-order valence-electron chi connectivity index (χ2n) is 8.22. The van der Waals surface area contributed by atoms with Crippen LogP contribution in [0.1, 0.15) is 52.5 Å². The van der Waals surface area contributed by atoms with Crippen molar-refractivity contribution in [2.24, 2.45) is 5.92 Å². The summed E-state index contributed by atoms with van der Waals surface area (Å²) in [5, 5.41) is 2.94. The van der Waals surface area contributed by atoms with Crippen molar-refractivity contribution in [1.29, 1.82) is 0 Å². The first kappa shape index (κ1) is 24.0. The minimum atomic E-state index is -0.174. The third-order valence-electron chi connectivity index (χ3n) is 5.88. The maximum absolute atomic E-state index is 11.5. The van der Waals surface area contributed by atoms with Crippen LogP contribution in [-0.4, -0.2) is 61.7 Å². The first-order chi connectivity index (χ1) is 14.5. The summed E-state index contributed by atoms with van der Waals surface area (Å²) in [6, 6.07) is 2.12. The maximum Gasteiger partial charge on any atom is 0.296 e. The van der Waals surface area contributed by atoms with Crippen LogP contribution >= 0.6 is 0 Å². The fourth-order valence-corrected chi connectivity index (χ4v) is 3.97. The third kappa shape index (κ3) is 7.21. The quantitative estimate of drug-likeness (QED) is 0.596. The van der Waals surface area contributed by atoms with E-state index in [1.165, 1.54) is 12.0 Å². The van der Waals surface area contributed by atoms with Gasteiger partial charge >= 0.3 is 0 Å². The molecule has 1 aliphatic rings. The number of nitrogens with zero attached hydrogens (tertiary/aromatic N) is 3. The molecule has 2 unspecified atom stereocenters. The molecule has 0 spiro atoms. The lowest BCUT2D eigenvalue weighted by atomic mass is 9.98.